The van der Waals surface area contributed by atoms with Crippen molar-refractivity contribution in [2.75, 3.05) is 25.7 Å². The Labute approximate surface area is 130 Å². The third-order valence-electron chi connectivity index (χ3n) is 3.62. The van der Waals surface area contributed by atoms with Gasteiger partial charge in [-0.3, -0.25) is 9.69 Å². The zero-order valence-corrected chi connectivity index (χ0v) is 13.7. The summed E-state index contributed by atoms with van der Waals surface area (Å²) in [6.07, 6.45) is 0. The van der Waals surface area contributed by atoms with Crippen LogP contribution < -0.4 is 4.90 Å². The van der Waals surface area contributed by atoms with Crippen molar-refractivity contribution >= 4 is 17.6 Å². The van der Waals surface area contributed by atoms with E-state index in [-0.39, 0.29) is 19.1 Å². The first kappa shape index (κ1) is 18.1. The van der Waals surface area contributed by atoms with E-state index in [1.807, 2.05) is 19.9 Å². The Morgan fingerprint density at radius 1 is 1.27 bits per heavy atom. The summed E-state index contributed by atoms with van der Waals surface area (Å²) in [7, 11) is 2.70. The van der Waals surface area contributed by atoms with E-state index in [1.165, 1.54) is 19.1 Å². The first-order valence-electron chi connectivity index (χ1n) is 6.97. The molecule has 1 rings (SSSR count). The van der Waals surface area contributed by atoms with Gasteiger partial charge in [-0.1, -0.05) is 12.1 Å². The molecule has 1 amide bonds. The third kappa shape index (κ3) is 3.64. The quantitative estimate of drug-likeness (QED) is 0.803. The van der Waals surface area contributed by atoms with E-state index in [9.17, 15) is 14.7 Å². The molecule has 0 saturated heterocycles. The monoisotopic (exact) mass is 309 g/mol. The molecule has 1 aromatic rings. The molecule has 122 valence electrons. The van der Waals surface area contributed by atoms with Crippen molar-refractivity contribution in [3.63, 3.8) is 0 Å². The largest absolute Gasteiger partial charge is 0.467 e. The van der Waals surface area contributed by atoms with Gasteiger partial charge >= 0.3 is 5.97 Å². The fraction of sp³-hybridized carbons (Fsp3) is 0.500. The van der Waals surface area contributed by atoms with Crippen molar-refractivity contribution in [3.05, 3.63) is 28.8 Å². The number of carbonyl (C=O) groups is 2. The molecule has 0 aromatic heterocycles. The molecule has 1 N–H and O–H groups in total. The van der Waals surface area contributed by atoms with Crippen molar-refractivity contribution in [1.82, 2.24) is 0 Å². The number of nitrogens with zero attached hydrogens (tertiary/aromatic N) is 1. The van der Waals surface area contributed by atoms with Crippen LogP contribution in [-0.2, 0) is 25.7 Å². The van der Waals surface area contributed by atoms with Gasteiger partial charge in [-0.25, -0.2) is 4.79 Å². The maximum atomic E-state index is 12.4. The Kier molecular flexibility index (Phi) is 6.52. The number of amides is 1. The van der Waals surface area contributed by atoms with Crippen LogP contribution in [0.2, 0.25) is 0 Å². The maximum absolute atomic E-state index is 12.4. The zero-order valence-electron chi connectivity index (χ0n) is 13.7. The van der Waals surface area contributed by atoms with Gasteiger partial charge in [0.25, 0.3) is 5.91 Å². The molecule has 0 bridgehead atoms. The molecular weight excluding hydrogens is 286 g/mol. The summed E-state index contributed by atoms with van der Waals surface area (Å²) in [5.74, 6) is -0.862. The molecule has 1 unspecified atom stereocenters. The van der Waals surface area contributed by atoms with Crippen LogP contribution in [-0.4, -0.2) is 43.9 Å². The molecule has 0 aliphatic rings. The minimum Gasteiger partial charge on any atom is -0.467 e. The maximum Gasteiger partial charge on any atom is 0.328 e. The van der Waals surface area contributed by atoms with Crippen LogP contribution in [0.25, 0.3) is 0 Å². The lowest BCUT2D eigenvalue weighted by molar-refractivity contribution is -0.143. The Bertz CT molecular complexity index is 556. The van der Waals surface area contributed by atoms with E-state index in [4.69, 9.17) is 9.47 Å². The van der Waals surface area contributed by atoms with Crippen LogP contribution in [0.4, 0.5) is 5.69 Å². The molecule has 0 heterocycles. The summed E-state index contributed by atoms with van der Waals surface area (Å²) < 4.78 is 9.67. The number of anilines is 1. The molecule has 0 saturated carbocycles. The highest BCUT2D eigenvalue weighted by atomic mass is 16.5. The molecule has 6 nitrogen and oxygen atoms in total. The smallest absolute Gasteiger partial charge is 0.328 e. The Morgan fingerprint density at radius 2 is 1.91 bits per heavy atom. The summed E-state index contributed by atoms with van der Waals surface area (Å²) in [6, 6.07) is 2.82. The molecular formula is C16H23NO5. The number of benzene rings is 1. The molecule has 0 aliphatic carbocycles. The average molecular weight is 309 g/mol. The standard InChI is InChI=1S/C16H23NO5/c1-10-6-7-13(8-18)11(2)15(10)17(14(19)9-21-4)12(3)16(20)22-5/h6-7,12,18H,8-9H2,1-5H3. The van der Waals surface area contributed by atoms with Crippen LogP contribution in [0.5, 0.6) is 0 Å². The number of methoxy groups -OCH3 is 2. The fourth-order valence-electron chi connectivity index (χ4n) is 2.42. The number of carbonyl (C=O) groups excluding carboxylic acids is 2. The van der Waals surface area contributed by atoms with Crippen molar-refractivity contribution in [2.24, 2.45) is 0 Å². The van der Waals surface area contributed by atoms with Gasteiger partial charge in [0.05, 0.1) is 19.4 Å². The predicted octanol–water partition coefficient (Wildman–Crippen LogP) is 1.34. The van der Waals surface area contributed by atoms with Crippen molar-refractivity contribution in [1.29, 1.82) is 0 Å². The molecule has 6 heteroatoms. The van der Waals surface area contributed by atoms with Gasteiger partial charge in [0, 0.05) is 7.11 Å². The highest BCUT2D eigenvalue weighted by Crippen LogP contribution is 2.30. The number of ether oxygens (including phenoxy) is 2. The van der Waals surface area contributed by atoms with E-state index in [0.29, 0.717) is 11.3 Å². The van der Waals surface area contributed by atoms with Crippen molar-refractivity contribution < 1.29 is 24.2 Å². The van der Waals surface area contributed by atoms with Gasteiger partial charge in [-0.15, -0.1) is 0 Å². The summed E-state index contributed by atoms with van der Waals surface area (Å²) >= 11 is 0. The van der Waals surface area contributed by atoms with Crippen LogP contribution in [0.15, 0.2) is 12.1 Å². The topological polar surface area (TPSA) is 76.1 Å². The van der Waals surface area contributed by atoms with Crippen molar-refractivity contribution in [2.45, 2.75) is 33.4 Å². The number of hydrogen-bond donors (Lipinski definition) is 1. The minimum atomic E-state index is -0.793. The van der Waals surface area contributed by atoms with Gasteiger partial charge in [-0.05, 0) is 37.5 Å². The first-order chi connectivity index (χ1) is 10.4. The molecule has 1 aromatic carbocycles. The normalized spacial score (nSPS) is 11.9. The lowest BCUT2D eigenvalue weighted by atomic mass is 10.0. The average Bonchev–Trinajstić information content (AvgIpc) is 2.50. The number of hydrogen-bond acceptors (Lipinski definition) is 5. The summed E-state index contributed by atoms with van der Waals surface area (Å²) in [5, 5.41) is 9.43. The lowest BCUT2D eigenvalue weighted by Crippen LogP contribution is -2.46. The summed E-state index contributed by atoms with van der Waals surface area (Å²) in [5.41, 5.74) is 2.89. The zero-order chi connectivity index (χ0) is 16.9. The van der Waals surface area contributed by atoms with E-state index < -0.39 is 12.0 Å². The number of aliphatic hydroxyl groups is 1. The highest BCUT2D eigenvalue weighted by Gasteiger charge is 2.30. The lowest BCUT2D eigenvalue weighted by Gasteiger charge is -2.31. The predicted molar refractivity (Wildman–Crippen MR) is 82.7 cm³/mol. The second kappa shape index (κ2) is 7.91. The van der Waals surface area contributed by atoms with Crippen LogP contribution >= 0.6 is 0 Å². The SMILES string of the molecule is COCC(=O)N(c1c(C)ccc(CO)c1C)C(C)C(=O)OC. The number of rotatable bonds is 6. The number of esters is 1. The first-order valence-corrected chi connectivity index (χ1v) is 6.97. The van der Waals surface area contributed by atoms with Crippen LogP contribution in [0.3, 0.4) is 0 Å². The Balaban J connectivity index is 3.45. The van der Waals surface area contributed by atoms with Crippen LogP contribution in [0, 0.1) is 13.8 Å². The third-order valence-corrected chi connectivity index (χ3v) is 3.62. The molecule has 0 aliphatic heterocycles. The number of aliphatic hydroxyl groups excluding tert-OH is 1. The number of aryl methyl sites for hydroxylation is 1. The van der Waals surface area contributed by atoms with Crippen molar-refractivity contribution in [3.8, 4) is 0 Å². The molecule has 22 heavy (non-hydrogen) atoms. The molecule has 1 atom stereocenters. The summed E-state index contributed by atoms with van der Waals surface area (Å²) in [6.45, 7) is 4.97. The minimum absolute atomic E-state index is 0.141. The molecule has 0 fully saturated rings. The van der Waals surface area contributed by atoms with Gasteiger partial charge < -0.3 is 14.6 Å². The molecule has 0 radical (unpaired) electrons. The second-order valence-electron chi connectivity index (χ2n) is 5.07. The fourth-order valence-corrected chi connectivity index (χ4v) is 2.42. The van der Waals surface area contributed by atoms with E-state index in [2.05, 4.69) is 0 Å². The van der Waals surface area contributed by atoms with Gasteiger partial charge in [0.2, 0.25) is 0 Å². The van der Waals surface area contributed by atoms with Gasteiger partial charge in [0.15, 0.2) is 0 Å². The second-order valence-corrected chi connectivity index (χ2v) is 5.07. The Hall–Kier alpha value is -1.92. The van der Waals surface area contributed by atoms with Crippen LogP contribution in [0.1, 0.15) is 23.6 Å². The highest BCUT2D eigenvalue weighted by molar-refractivity contribution is 6.01. The van der Waals surface area contributed by atoms with E-state index in [1.54, 1.807) is 13.0 Å². The summed E-state index contributed by atoms with van der Waals surface area (Å²) in [4.78, 5) is 25.7. The van der Waals surface area contributed by atoms with E-state index in [0.717, 1.165) is 11.1 Å². The molecule has 0 spiro atoms. The Morgan fingerprint density at radius 3 is 2.41 bits per heavy atom. The van der Waals surface area contributed by atoms with Gasteiger partial charge in [-0.2, -0.15) is 0 Å². The van der Waals surface area contributed by atoms with Gasteiger partial charge in [0.1, 0.15) is 12.6 Å². The van der Waals surface area contributed by atoms with E-state index >= 15 is 0 Å².